The summed E-state index contributed by atoms with van der Waals surface area (Å²) in [4.78, 5) is 0. The van der Waals surface area contributed by atoms with Crippen LogP contribution in [0.5, 0.6) is 0 Å². The topological polar surface area (TPSA) is 12.0 Å². The minimum Gasteiger partial charge on any atom is -0.311 e. The number of hydrogen-bond donors (Lipinski definition) is 1. The summed E-state index contributed by atoms with van der Waals surface area (Å²) in [5, 5.41) is 4.26. The molecule has 0 saturated heterocycles. The van der Waals surface area contributed by atoms with Crippen molar-refractivity contribution in [3.63, 3.8) is 0 Å². The quantitative estimate of drug-likeness (QED) is 0.438. The first-order chi connectivity index (χ1) is 15.8. The molecule has 176 valence electrons. The zero-order valence-corrected chi connectivity index (χ0v) is 20.6. The Balaban J connectivity index is 1.75. The second-order valence-corrected chi connectivity index (χ2v) is 10.3. The van der Waals surface area contributed by atoms with Crippen molar-refractivity contribution in [1.82, 2.24) is 5.32 Å². The fourth-order valence-corrected chi connectivity index (χ4v) is 5.76. The van der Waals surface area contributed by atoms with Gasteiger partial charge < -0.3 is 5.32 Å². The van der Waals surface area contributed by atoms with Crippen LogP contribution in [-0.2, 0) is 0 Å². The van der Waals surface area contributed by atoms with Gasteiger partial charge in [-0.1, -0.05) is 138 Å². The molecule has 3 rings (SSSR count). The van der Waals surface area contributed by atoms with Crippen LogP contribution in [0.15, 0.2) is 72.4 Å². The summed E-state index contributed by atoms with van der Waals surface area (Å²) in [6.07, 6.45) is 43.5. The van der Waals surface area contributed by atoms with Crippen LogP contribution in [-0.4, -0.2) is 12.1 Å². The van der Waals surface area contributed by atoms with Gasteiger partial charge in [0.05, 0.1) is 0 Å². The van der Waals surface area contributed by atoms with E-state index < -0.39 is 0 Å². The maximum Gasteiger partial charge on any atom is 0.0138 e. The van der Waals surface area contributed by atoms with Crippen LogP contribution in [0.1, 0.15) is 96.8 Å². The van der Waals surface area contributed by atoms with Crippen molar-refractivity contribution in [2.45, 2.75) is 109 Å². The van der Waals surface area contributed by atoms with E-state index in [4.69, 9.17) is 0 Å². The lowest BCUT2D eigenvalue weighted by Crippen LogP contribution is -2.43. The van der Waals surface area contributed by atoms with Crippen LogP contribution >= 0.6 is 0 Å². The van der Waals surface area contributed by atoms with E-state index in [0.29, 0.717) is 18.0 Å². The first-order valence-corrected chi connectivity index (χ1v) is 13.6. The van der Waals surface area contributed by atoms with E-state index in [9.17, 15) is 0 Å². The minimum atomic E-state index is 0.608. The normalized spacial score (nSPS) is 35.1. The molecular formula is C31H47N. The van der Waals surface area contributed by atoms with Crippen molar-refractivity contribution in [2.75, 3.05) is 0 Å². The lowest BCUT2D eigenvalue weighted by Gasteiger charge is -2.33. The monoisotopic (exact) mass is 433 g/mol. The molecule has 1 N–H and O–H groups in total. The van der Waals surface area contributed by atoms with E-state index in [0.717, 1.165) is 5.92 Å². The van der Waals surface area contributed by atoms with Gasteiger partial charge >= 0.3 is 0 Å². The van der Waals surface area contributed by atoms with Gasteiger partial charge in [-0.3, -0.25) is 0 Å². The summed E-state index contributed by atoms with van der Waals surface area (Å²) in [6.45, 7) is 2.49. The smallest absolute Gasteiger partial charge is 0.0138 e. The van der Waals surface area contributed by atoms with Crippen LogP contribution < -0.4 is 5.32 Å². The van der Waals surface area contributed by atoms with Crippen molar-refractivity contribution in [1.29, 1.82) is 0 Å². The van der Waals surface area contributed by atoms with Crippen molar-refractivity contribution in [2.24, 2.45) is 11.8 Å². The second kappa shape index (κ2) is 15.3. The first-order valence-electron chi connectivity index (χ1n) is 13.6. The average molecular weight is 434 g/mol. The second-order valence-electron chi connectivity index (χ2n) is 10.3. The molecule has 0 aliphatic heterocycles. The number of allylic oxidation sites excluding steroid dienone is 11. The number of nitrogens with one attached hydrogen (secondary N) is 1. The Morgan fingerprint density at radius 3 is 1.94 bits per heavy atom. The van der Waals surface area contributed by atoms with Crippen LogP contribution in [0.4, 0.5) is 0 Å². The highest BCUT2D eigenvalue weighted by Crippen LogP contribution is 2.32. The molecule has 0 aromatic carbocycles. The largest absolute Gasteiger partial charge is 0.311 e. The maximum absolute atomic E-state index is 4.26. The highest BCUT2D eigenvalue weighted by Gasteiger charge is 2.28. The molecule has 0 bridgehead atoms. The lowest BCUT2D eigenvalue weighted by atomic mass is 9.85. The van der Waals surface area contributed by atoms with Gasteiger partial charge in [0.1, 0.15) is 0 Å². The third kappa shape index (κ3) is 9.49. The molecule has 2 saturated carbocycles. The molecule has 0 amide bonds. The maximum atomic E-state index is 4.26. The van der Waals surface area contributed by atoms with E-state index in [1.807, 2.05) is 0 Å². The van der Waals surface area contributed by atoms with Gasteiger partial charge in [-0.25, -0.2) is 0 Å². The van der Waals surface area contributed by atoms with E-state index in [1.165, 1.54) is 95.5 Å². The van der Waals surface area contributed by atoms with Crippen LogP contribution in [0.25, 0.3) is 0 Å². The van der Waals surface area contributed by atoms with Crippen LogP contribution in [0, 0.1) is 11.8 Å². The van der Waals surface area contributed by atoms with Gasteiger partial charge in [0, 0.05) is 12.1 Å². The molecule has 0 radical (unpaired) electrons. The number of hydrogen-bond acceptors (Lipinski definition) is 1. The fraction of sp³-hybridized carbons (Fsp3) is 0.613. The van der Waals surface area contributed by atoms with Gasteiger partial charge in [0.2, 0.25) is 0 Å². The molecule has 0 aromatic rings. The van der Waals surface area contributed by atoms with Crippen LogP contribution in [0.3, 0.4) is 0 Å². The Morgan fingerprint density at radius 1 is 0.594 bits per heavy atom. The predicted molar refractivity (Wildman–Crippen MR) is 142 cm³/mol. The van der Waals surface area contributed by atoms with Gasteiger partial charge in [-0.15, -0.1) is 0 Å². The Labute approximate surface area is 198 Å². The van der Waals surface area contributed by atoms with Gasteiger partial charge in [0.15, 0.2) is 0 Å². The zero-order chi connectivity index (χ0) is 22.3. The summed E-state index contributed by atoms with van der Waals surface area (Å²) in [6, 6.07) is 1.30. The third-order valence-corrected chi connectivity index (χ3v) is 7.55. The van der Waals surface area contributed by atoms with Gasteiger partial charge in [-0.05, 0) is 43.1 Å². The van der Waals surface area contributed by atoms with Crippen molar-refractivity contribution >= 4 is 0 Å². The molecule has 1 nitrogen and oxygen atoms in total. The fourth-order valence-electron chi connectivity index (χ4n) is 5.76. The minimum absolute atomic E-state index is 0.608. The van der Waals surface area contributed by atoms with Crippen molar-refractivity contribution < 1.29 is 0 Å². The Bertz CT molecular complexity index is 689. The molecule has 1 heteroatoms. The average Bonchev–Trinajstić information content (AvgIpc) is 3.03. The summed E-state index contributed by atoms with van der Waals surface area (Å²) < 4.78 is 0. The molecule has 32 heavy (non-hydrogen) atoms. The van der Waals surface area contributed by atoms with Crippen molar-refractivity contribution in [3.8, 4) is 0 Å². The molecular weight excluding hydrogens is 386 g/mol. The first kappa shape index (κ1) is 25.0. The lowest BCUT2D eigenvalue weighted by molar-refractivity contribution is 0.286. The summed E-state index contributed by atoms with van der Waals surface area (Å²) in [5.41, 5.74) is 1.49. The summed E-state index contributed by atoms with van der Waals surface area (Å²) in [7, 11) is 0. The molecule has 3 aliphatic carbocycles. The predicted octanol–water partition coefficient (Wildman–Crippen LogP) is 8.78. The molecule has 2 fully saturated rings. The Hall–Kier alpha value is -1.60. The van der Waals surface area contributed by atoms with Gasteiger partial charge in [0.25, 0.3) is 0 Å². The molecule has 0 aromatic heterocycles. The van der Waals surface area contributed by atoms with E-state index >= 15 is 0 Å². The van der Waals surface area contributed by atoms with Crippen molar-refractivity contribution in [3.05, 3.63) is 72.4 Å². The highest BCUT2D eigenvalue weighted by atomic mass is 15.0. The molecule has 3 unspecified atom stereocenters. The van der Waals surface area contributed by atoms with E-state index in [-0.39, 0.29) is 0 Å². The summed E-state index contributed by atoms with van der Waals surface area (Å²) in [5.74, 6) is 1.46. The van der Waals surface area contributed by atoms with Gasteiger partial charge in [-0.2, -0.15) is 0 Å². The molecule has 4 atom stereocenters. The Morgan fingerprint density at radius 2 is 1.16 bits per heavy atom. The summed E-state index contributed by atoms with van der Waals surface area (Å²) >= 11 is 0. The standard InChI is InChI=1S/C31H47N/c1-27-20-14-9-7-8-12-17-23-29(26-27)32-31-25-19-13-18-24-30(31)28-21-15-10-5-3-2-4-6-11-16-22-28/h2-6,10-11,15-16,21-22,27,29-32H,7-9,12-14,17-20,23-26H2,1H3/b3-2-,4-2?,5-3?,6-4-,10-5-,11-6?,15-10?,16-11-,21-15?,22-16?,28-21?,28-22?/t27-,29?,30?,31?/m0/s1. The SMILES string of the molecule is C[C@H]1CCCCCCCCC(NC2CCCCCC2C2=C\C=C/C=C\C=C/C=C\C=C2)C1. The Kier molecular flexibility index (Phi) is 11.9. The molecule has 3 aliphatic rings. The highest BCUT2D eigenvalue weighted by molar-refractivity contribution is 5.32. The molecule has 0 spiro atoms. The zero-order valence-electron chi connectivity index (χ0n) is 20.6. The third-order valence-electron chi connectivity index (χ3n) is 7.55. The molecule has 0 heterocycles. The van der Waals surface area contributed by atoms with E-state index in [1.54, 1.807) is 0 Å². The number of rotatable bonds is 3. The van der Waals surface area contributed by atoms with Crippen LogP contribution in [0.2, 0.25) is 0 Å². The van der Waals surface area contributed by atoms with E-state index in [2.05, 4.69) is 79.1 Å².